The number of anilines is 1. The summed E-state index contributed by atoms with van der Waals surface area (Å²) < 4.78 is 2.40. The normalized spacial score (nSPS) is 17.8. The van der Waals surface area contributed by atoms with E-state index in [-0.39, 0.29) is 0 Å². The predicted octanol–water partition coefficient (Wildman–Crippen LogP) is 4.88. The largest absolute Gasteiger partial charge is 0.363 e. The molecule has 2 nitrogen and oxygen atoms in total. The molecule has 2 heterocycles. The van der Waals surface area contributed by atoms with E-state index in [0.29, 0.717) is 0 Å². The van der Waals surface area contributed by atoms with Gasteiger partial charge in [-0.1, -0.05) is 53.9 Å². The number of rotatable bonds is 3. The van der Waals surface area contributed by atoms with E-state index in [9.17, 15) is 0 Å². The van der Waals surface area contributed by atoms with Crippen LogP contribution >= 0.6 is 11.9 Å². The lowest BCUT2D eigenvalue weighted by Crippen LogP contribution is -2.21. The van der Waals surface area contributed by atoms with Crippen molar-refractivity contribution in [3.05, 3.63) is 70.8 Å². The second kappa shape index (κ2) is 6.66. The van der Waals surface area contributed by atoms with Crippen LogP contribution in [-0.4, -0.2) is 23.7 Å². The summed E-state index contributed by atoms with van der Waals surface area (Å²) in [5.41, 5.74) is 8.51. The number of nitrogens with zero attached hydrogens (tertiary/aromatic N) is 2. The van der Waals surface area contributed by atoms with E-state index in [1.807, 2.05) is 11.9 Å². The first-order valence-electron chi connectivity index (χ1n) is 8.65. The molecule has 0 atom stereocenters. The van der Waals surface area contributed by atoms with Crippen molar-refractivity contribution in [3.63, 3.8) is 0 Å². The molecule has 0 fully saturated rings. The van der Waals surface area contributed by atoms with Crippen LogP contribution in [0.15, 0.2) is 48.5 Å². The molecule has 0 amide bonds. The van der Waals surface area contributed by atoms with Gasteiger partial charge in [-0.05, 0) is 54.0 Å². The number of fused-ring (bicyclic) bond motifs is 1. The first kappa shape index (κ1) is 15.8. The minimum absolute atomic E-state index is 1.03. The van der Waals surface area contributed by atoms with Crippen LogP contribution in [0, 0.1) is 6.92 Å². The van der Waals surface area contributed by atoms with E-state index in [1.165, 1.54) is 33.5 Å². The molecule has 2 aliphatic rings. The molecule has 0 spiro atoms. The highest BCUT2D eigenvalue weighted by Gasteiger charge is 2.19. The Morgan fingerprint density at radius 3 is 2.46 bits per heavy atom. The van der Waals surface area contributed by atoms with Gasteiger partial charge in [0.15, 0.2) is 0 Å². The maximum absolute atomic E-state index is 2.47. The minimum Gasteiger partial charge on any atom is -0.363 e. The van der Waals surface area contributed by atoms with E-state index in [4.69, 9.17) is 0 Å². The third kappa shape index (κ3) is 3.11. The van der Waals surface area contributed by atoms with Crippen molar-refractivity contribution < 1.29 is 0 Å². The van der Waals surface area contributed by atoms with Gasteiger partial charge in [-0.3, -0.25) is 0 Å². The SMILES string of the molecule is CSN1CC=C(c2ccc(N3Cc4ccc(C)cc4C3)cc2)CC1. The van der Waals surface area contributed by atoms with Gasteiger partial charge in [0, 0.05) is 31.9 Å². The standard InChI is InChI=1S/C21H24N2S/c1-16-3-4-19-14-22(15-20(19)13-16)21-7-5-17(6-8-21)18-9-11-23(24-2)12-10-18/h3-9,13H,10-12,14-15H2,1-2H3. The van der Waals surface area contributed by atoms with Crippen LogP contribution in [-0.2, 0) is 13.1 Å². The fourth-order valence-electron chi connectivity index (χ4n) is 3.67. The quantitative estimate of drug-likeness (QED) is 0.738. The second-order valence-electron chi connectivity index (χ2n) is 6.73. The molecule has 4 rings (SSSR count). The summed E-state index contributed by atoms with van der Waals surface area (Å²) in [6, 6.07) is 16.0. The molecule has 0 aliphatic carbocycles. The molecule has 0 saturated heterocycles. The van der Waals surface area contributed by atoms with Gasteiger partial charge in [-0.25, -0.2) is 4.31 Å². The Labute approximate surface area is 149 Å². The van der Waals surface area contributed by atoms with Crippen LogP contribution in [0.3, 0.4) is 0 Å². The smallest absolute Gasteiger partial charge is 0.0436 e. The van der Waals surface area contributed by atoms with E-state index < -0.39 is 0 Å². The lowest BCUT2D eigenvalue weighted by Gasteiger charge is -2.24. The van der Waals surface area contributed by atoms with Gasteiger partial charge >= 0.3 is 0 Å². The molecule has 2 aromatic carbocycles. The van der Waals surface area contributed by atoms with Crippen molar-refractivity contribution in [2.24, 2.45) is 0 Å². The molecule has 124 valence electrons. The van der Waals surface area contributed by atoms with Gasteiger partial charge in [0.25, 0.3) is 0 Å². The molecule has 24 heavy (non-hydrogen) atoms. The number of hydrogen-bond acceptors (Lipinski definition) is 3. The van der Waals surface area contributed by atoms with Crippen molar-refractivity contribution in [2.45, 2.75) is 26.4 Å². The van der Waals surface area contributed by atoms with Crippen LogP contribution in [0.25, 0.3) is 5.57 Å². The first-order chi connectivity index (χ1) is 11.7. The van der Waals surface area contributed by atoms with Gasteiger partial charge in [-0.2, -0.15) is 0 Å². The van der Waals surface area contributed by atoms with Gasteiger partial charge in [-0.15, -0.1) is 0 Å². The minimum atomic E-state index is 1.03. The average Bonchev–Trinajstić information content (AvgIpc) is 3.05. The lowest BCUT2D eigenvalue weighted by molar-refractivity contribution is 0.518. The maximum atomic E-state index is 2.47. The molecule has 0 bridgehead atoms. The zero-order valence-corrected chi connectivity index (χ0v) is 15.3. The molecule has 2 aromatic rings. The molecule has 0 radical (unpaired) electrons. The monoisotopic (exact) mass is 336 g/mol. The van der Waals surface area contributed by atoms with Crippen molar-refractivity contribution in [3.8, 4) is 0 Å². The summed E-state index contributed by atoms with van der Waals surface area (Å²) >= 11 is 1.84. The predicted molar refractivity (Wildman–Crippen MR) is 105 cm³/mol. The Bertz CT molecular complexity index is 764. The third-order valence-corrected chi connectivity index (χ3v) is 5.97. The van der Waals surface area contributed by atoms with E-state index in [2.05, 4.69) is 70.9 Å². The Morgan fingerprint density at radius 1 is 0.958 bits per heavy atom. The first-order valence-corrected chi connectivity index (χ1v) is 9.83. The van der Waals surface area contributed by atoms with Crippen molar-refractivity contribution >= 4 is 23.2 Å². The van der Waals surface area contributed by atoms with Gasteiger partial charge in [0.1, 0.15) is 0 Å². The Balaban J connectivity index is 1.48. The molecule has 2 aliphatic heterocycles. The molecule has 0 aromatic heterocycles. The summed E-state index contributed by atoms with van der Waals surface area (Å²) in [5, 5.41) is 0. The molecular weight excluding hydrogens is 312 g/mol. The van der Waals surface area contributed by atoms with Crippen molar-refractivity contribution in [2.75, 3.05) is 24.2 Å². The molecule has 3 heteroatoms. The van der Waals surface area contributed by atoms with Crippen molar-refractivity contribution in [1.29, 1.82) is 0 Å². The van der Waals surface area contributed by atoms with Gasteiger partial charge in [0.2, 0.25) is 0 Å². The Hall–Kier alpha value is -1.71. The lowest BCUT2D eigenvalue weighted by atomic mass is 10.00. The van der Waals surface area contributed by atoms with E-state index in [1.54, 1.807) is 0 Å². The summed E-state index contributed by atoms with van der Waals surface area (Å²) in [6.45, 7) is 6.43. The Morgan fingerprint density at radius 2 is 1.75 bits per heavy atom. The molecule has 0 N–H and O–H groups in total. The topological polar surface area (TPSA) is 6.48 Å². The molecule has 0 saturated carbocycles. The molecular formula is C21H24N2S. The van der Waals surface area contributed by atoms with Gasteiger partial charge < -0.3 is 4.90 Å². The highest BCUT2D eigenvalue weighted by atomic mass is 32.2. The highest BCUT2D eigenvalue weighted by Crippen LogP contribution is 2.31. The fraction of sp³-hybridized carbons (Fsp3) is 0.333. The zero-order valence-electron chi connectivity index (χ0n) is 14.5. The van der Waals surface area contributed by atoms with Crippen LogP contribution in [0.2, 0.25) is 0 Å². The number of hydrogen-bond donors (Lipinski definition) is 0. The van der Waals surface area contributed by atoms with Crippen LogP contribution < -0.4 is 4.90 Å². The fourth-order valence-corrected chi connectivity index (χ4v) is 4.17. The zero-order chi connectivity index (χ0) is 16.5. The Kier molecular flexibility index (Phi) is 4.38. The number of benzene rings is 2. The maximum Gasteiger partial charge on any atom is 0.0436 e. The summed E-state index contributed by atoms with van der Waals surface area (Å²) in [6.07, 6.45) is 5.68. The van der Waals surface area contributed by atoms with E-state index in [0.717, 1.165) is 32.6 Å². The molecule has 0 unspecified atom stereocenters. The summed E-state index contributed by atoms with van der Waals surface area (Å²) in [7, 11) is 0. The average molecular weight is 337 g/mol. The van der Waals surface area contributed by atoms with Gasteiger partial charge in [0.05, 0.1) is 0 Å². The summed E-state index contributed by atoms with van der Waals surface area (Å²) in [4.78, 5) is 2.47. The summed E-state index contributed by atoms with van der Waals surface area (Å²) in [5.74, 6) is 0. The van der Waals surface area contributed by atoms with E-state index >= 15 is 0 Å². The highest BCUT2D eigenvalue weighted by molar-refractivity contribution is 7.96. The number of aryl methyl sites for hydroxylation is 1. The van der Waals surface area contributed by atoms with Crippen LogP contribution in [0.1, 0.15) is 28.7 Å². The third-order valence-electron chi connectivity index (χ3n) is 5.12. The van der Waals surface area contributed by atoms with Crippen molar-refractivity contribution in [1.82, 2.24) is 4.31 Å². The second-order valence-corrected chi connectivity index (χ2v) is 7.61. The van der Waals surface area contributed by atoms with Crippen LogP contribution in [0.5, 0.6) is 0 Å². The van der Waals surface area contributed by atoms with Crippen LogP contribution in [0.4, 0.5) is 5.69 Å².